The van der Waals surface area contributed by atoms with Crippen LogP contribution >= 0.6 is 0 Å². The van der Waals surface area contributed by atoms with E-state index < -0.39 is 5.60 Å². The maximum absolute atomic E-state index is 13.5. The number of aromatic nitrogens is 2. The predicted molar refractivity (Wildman–Crippen MR) is 110 cm³/mol. The van der Waals surface area contributed by atoms with Crippen LogP contribution in [0.2, 0.25) is 0 Å². The molecule has 29 heavy (non-hydrogen) atoms. The summed E-state index contributed by atoms with van der Waals surface area (Å²) in [4.78, 5) is 17.2. The Morgan fingerprint density at radius 2 is 1.93 bits per heavy atom. The maximum atomic E-state index is 13.5. The number of fused-ring (bicyclic) bond motifs is 1. The molecule has 2 heterocycles. The number of halogens is 1. The fraction of sp³-hybridized carbons (Fsp3) is 0.391. The summed E-state index contributed by atoms with van der Waals surface area (Å²) in [6.45, 7) is 3.71. The van der Waals surface area contributed by atoms with Crippen molar-refractivity contribution in [3.05, 3.63) is 60.2 Å². The second kappa shape index (κ2) is 7.59. The highest BCUT2D eigenvalue weighted by molar-refractivity contribution is 5.94. The molecule has 0 radical (unpaired) electrons. The summed E-state index contributed by atoms with van der Waals surface area (Å²) in [6, 6.07) is 9.99. The first-order valence-corrected chi connectivity index (χ1v) is 10.1. The van der Waals surface area contributed by atoms with Crippen molar-refractivity contribution in [1.82, 2.24) is 14.7 Å². The largest absolute Gasteiger partial charge is 0.390 e. The van der Waals surface area contributed by atoms with Crippen LogP contribution in [0.1, 0.15) is 49.9 Å². The Bertz CT molecular complexity index is 1030. The molecule has 2 aromatic heterocycles. The molecule has 0 unspecified atom stereocenters. The molecule has 0 atom stereocenters. The summed E-state index contributed by atoms with van der Waals surface area (Å²) in [5, 5.41) is 13.3. The first kappa shape index (κ1) is 19.6. The second-order valence-corrected chi connectivity index (χ2v) is 8.50. The predicted octanol–water partition coefficient (Wildman–Crippen LogP) is 4.20. The smallest absolute Gasteiger partial charge is 0.252 e. The van der Waals surface area contributed by atoms with Gasteiger partial charge in [0.05, 0.1) is 16.9 Å². The summed E-state index contributed by atoms with van der Waals surface area (Å²) in [7, 11) is 0. The Kier molecular flexibility index (Phi) is 5.13. The molecule has 4 rings (SSSR count). The van der Waals surface area contributed by atoms with Crippen LogP contribution in [0.25, 0.3) is 16.9 Å². The number of carbonyl (C=O) groups excluding carboxylic acids is 1. The SMILES string of the molecule is CC(C)(O)C1CCC(NC(=O)c2ccc3nc(-c4cccc(F)c4)cn3c2)CC1. The fourth-order valence-electron chi connectivity index (χ4n) is 4.13. The van der Waals surface area contributed by atoms with Gasteiger partial charge in [-0.1, -0.05) is 12.1 Å². The van der Waals surface area contributed by atoms with E-state index in [1.54, 1.807) is 35.0 Å². The number of amides is 1. The first-order chi connectivity index (χ1) is 13.8. The number of carbonyl (C=O) groups is 1. The zero-order valence-electron chi connectivity index (χ0n) is 16.7. The Morgan fingerprint density at radius 3 is 2.62 bits per heavy atom. The molecule has 1 saturated carbocycles. The van der Waals surface area contributed by atoms with Gasteiger partial charge in [0.25, 0.3) is 5.91 Å². The lowest BCUT2D eigenvalue weighted by molar-refractivity contribution is -0.00257. The molecular weight excluding hydrogens is 369 g/mol. The Hall–Kier alpha value is -2.73. The minimum absolute atomic E-state index is 0.111. The zero-order chi connectivity index (χ0) is 20.6. The first-order valence-electron chi connectivity index (χ1n) is 10.1. The van der Waals surface area contributed by atoms with Crippen LogP contribution in [-0.4, -0.2) is 32.0 Å². The van der Waals surface area contributed by atoms with Gasteiger partial charge in [-0.15, -0.1) is 0 Å². The monoisotopic (exact) mass is 395 g/mol. The number of imidazole rings is 1. The lowest BCUT2D eigenvalue weighted by Gasteiger charge is -2.36. The third-order valence-electron chi connectivity index (χ3n) is 5.90. The molecule has 0 bridgehead atoms. The number of pyridine rings is 1. The minimum Gasteiger partial charge on any atom is -0.390 e. The van der Waals surface area contributed by atoms with E-state index in [1.165, 1.54) is 12.1 Å². The van der Waals surface area contributed by atoms with Crippen LogP contribution < -0.4 is 5.32 Å². The van der Waals surface area contributed by atoms with E-state index in [-0.39, 0.29) is 23.7 Å². The van der Waals surface area contributed by atoms with E-state index in [9.17, 15) is 14.3 Å². The average Bonchev–Trinajstić information content (AvgIpc) is 3.11. The molecule has 3 aromatic rings. The number of nitrogens with zero attached hydrogens (tertiary/aromatic N) is 2. The number of hydrogen-bond donors (Lipinski definition) is 2. The molecule has 1 aromatic carbocycles. The summed E-state index contributed by atoms with van der Waals surface area (Å²) in [5.74, 6) is -0.141. The average molecular weight is 395 g/mol. The van der Waals surface area contributed by atoms with Gasteiger partial charge in [-0.3, -0.25) is 4.79 Å². The summed E-state index contributed by atoms with van der Waals surface area (Å²) >= 11 is 0. The number of benzene rings is 1. The standard InChI is InChI=1S/C23H26FN3O2/c1-23(2,29)17-7-9-19(10-8-17)25-22(28)16-6-11-21-26-20(14-27(21)13-16)15-4-3-5-18(24)12-15/h3-6,11-14,17,19,29H,7-10H2,1-2H3,(H,25,28). The number of nitrogens with one attached hydrogen (secondary N) is 1. The quantitative estimate of drug-likeness (QED) is 0.696. The van der Waals surface area contributed by atoms with Crippen molar-refractivity contribution < 1.29 is 14.3 Å². The third-order valence-corrected chi connectivity index (χ3v) is 5.90. The van der Waals surface area contributed by atoms with E-state index >= 15 is 0 Å². The highest BCUT2D eigenvalue weighted by Crippen LogP contribution is 2.32. The molecule has 2 N–H and O–H groups in total. The van der Waals surface area contributed by atoms with E-state index in [2.05, 4.69) is 10.3 Å². The normalized spacial score (nSPS) is 20.0. The molecule has 1 fully saturated rings. The fourth-order valence-corrected chi connectivity index (χ4v) is 4.13. The van der Waals surface area contributed by atoms with Crippen molar-refractivity contribution in [2.45, 2.75) is 51.2 Å². The molecule has 152 valence electrons. The highest BCUT2D eigenvalue weighted by Gasteiger charge is 2.31. The van der Waals surface area contributed by atoms with Crippen LogP contribution in [0.5, 0.6) is 0 Å². The number of hydrogen-bond acceptors (Lipinski definition) is 3. The topological polar surface area (TPSA) is 66.6 Å². The Labute approximate surface area is 169 Å². The van der Waals surface area contributed by atoms with Gasteiger partial charge in [-0.05, 0) is 69.7 Å². The summed E-state index contributed by atoms with van der Waals surface area (Å²) in [5.41, 5.74) is 1.95. The van der Waals surface area contributed by atoms with Crippen LogP contribution in [0.15, 0.2) is 48.8 Å². The van der Waals surface area contributed by atoms with Gasteiger partial charge in [0, 0.05) is 24.0 Å². The number of aliphatic hydroxyl groups is 1. The zero-order valence-corrected chi connectivity index (χ0v) is 16.7. The van der Waals surface area contributed by atoms with Gasteiger partial charge in [0.2, 0.25) is 0 Å². The van der Waals surface area contributed by atoms with E-state index in [0.29, 0.717) is 22.5 Å². The molecule has 0 aliphatic heterocycles. The van der Waals surface area contributed by atoms with Gasteiger partial charge in [0.1, 0.15) is 11.5 Å². The molecule has 1 aliphatic carbocycles. The van der Waals surface area contributed by atoms with Gasteiger partial charge in [-0.25, -0.2) is 9.37 Å². The molecule has 1 amide bonds. The van der Waals surface area contributed by atoms with Crippen LogP contribution in [0.4, 0.5) is 4.39 Å². The van der Waals surface area contributed by atoms with Crippen molar-refractivity contribution in [2.75, 3.05) is 0 Å². The molecule has 0 spiro atoms. The molecule has 0 saturated heterocycles. The van der Waals surface area contributed by atoms with Crippen molar-refractivity contribution in [2.24, 2.45) is 5.92 Å². The van der Waals surface area contributed by atoms with Crippen LogP contribution in [0.3, 0.4) is 0 Å². The van der Waals surface area contributed by atoms with Crippen molar-refractivity contribution in [1.29, 1.82) is 0 Å². The molecular formula is C23H26FN3O2. The van der Waals surface area contributed by atoms with Gasteiger partial charge in [-0.2, -0.15) is 0 Å². The van der Waals surface area contributed by atoms with E-state index in [1.807, 2.05) is 19.9 Å². The van der Waals surface area contributed by atoms with Gasteiger partial charge >= 0.3 is 0 Å². The Morgan fingerprint density at radius 1 is 1.17 bits per heavy atom. The third kappa shape index (κ3) is 4.32. The molecule has 6 heteroatoms. The lowest BCUT2D eigenvalue weighted by Crippen LogP contribution is -2.41. The lowest BCUT2D eigenvalue weighted by atomic mass is 9.77. The summed E-state index contributed by atoms with van der Waals surface area (Å²) < 4.78 is 15.3. The van der Waals surface area contributed by atoms with Crippen molar-refractivity contribution in [3.63, 3.8) is 0 Å². The van der Waals surface area contributed by atoms with Crippen molar-refractivity contribution in [3.8, 4) is 11.3 Å². The van der Waals surface area contributed by atoms with Crippen LogP contribution in [-0.2, 0) is 0 Å². The Balaban J connectivity index is 1.46. The van der Waals surface area contributed by atoms with E-state index in [4.69, 9.17) is 0 Å². The van der Waals surface area contributed by atoms with Crippen molar-refractivity contribution >= 4 is 11.6 Å². The molecule has 5 nitrogen and oxygen atoms in total. The second-order valence-electron chi connectivity index (χ2n) is 8.50. The highest BCUT2D eigenvalue weighted by atomic mass is 19.1. The minimum atomic E-state index is -0.666. The van der Waals surface area contributed by atoms with Crippen LogP contribution in [0, 0.1) is 11.7 Å². The van der Waals surface area contributed by atoms with E-state index in [0.717, 1.165) is 25.7 Å². The maximum Gasteiger partial charge on any atom is 0.252 e. The molecule has 1 aliphatic rings. The summed E-state index contributed by atoms with van der Waals surface area (Å²) in [6.07, 6.45) is 7.12. The number of rotatable bonds is 4. The van der Waals surface area contributed by atoms with Gasteiger partial charge in [0.15, 0.2) is 0 Å². The van der Waals surface area contributed by atoms with Gasteiger partial charge < -0.3 is 14.8 Å².